The van der Waals surface area contributed by atoms with E-state index in [0.29, 0.717) is 19.4 Å². The van der Waals surface area contributed by atoms with Gasteiger partial charge in [0.05, 0.1) is 12.7 Å². The Morgan fingerprint density at radius 3 is 0.562 bits per heavy atom. The third-order valence-corrected chi connectivity index (χ3v) is 12.3. The van der Waals surface area contributed by atoms with Gasteiger partial charge in [0.25, 0.3) is 0 Å². The molecule has 0 bridgehead atoms. The molecule has 0 aromatic carbocycles. The minimum absolute atomic E-state index is 0.139. The highest BCUT2D eigenvalue weighted by atomic mass is 16.4. The van der Waals surface area contributed by atoms with Crippen LogP contribution in [-0.4, -0.2) is 56.8 Å². The molecule has 0 rings (SSSR count). The van der Waals surface area contributed by atoms with Crippen LogP contribution in [-0.2, 0) is 9.59 Å². The molecule has 0 aromatic heterocycles. The highest BCUT2D eigenvalue weighted by Crippen LogP contribution is 2.16. The van der Waals surface area contributed by atoms with Crippen LogP contribution in [0.5, 0.6) is 0 Å². The average molecular weight is 916 g/mol. The zero-order chi connectivity index (χ0) is 48.1. The van der Waals surface area contributed by atoms with E-state index in [1.807, 2.05) is 0 Å². The number of carbonyl (C=O) groups is 2. The van der Waals surface area contributed by atoms with Gasteiger partial charge in [0, 0.05) is 19.4 Å². The van der Waals surface area contributed by atoms with Crippen molar-refractivity contribution in [1.29, 1.82) is 0 Å². The van der Waals surface area contributed by atoms with Gasteiger partial charge >= 0.3 is 11.9 Å². The molecule has 0 heterocycles. The van der Waals surface area contributed by atoms with Crippen LogP contribution < -0.4 is 0 Å². The molecular formula is C57H118O7. The lowest BCUT2D eigenvalue weighted by atomic mass is 10.0. The van der Waals surface area contributed by atoms with Crippen molar-refractivity contribution < 1.29 is 35.1 Å². The molecule has 388 valence electrons. The summed E-state index contributed by atoms with van der Waals surface area (Å²) >= 11 is 0. The lowest BCUT2D eigenvalue weighted by molar-refractivity contribution is -0.138. The Hall–Kier alpha value is -1.18. The number of rotatable bonds is 49. The van der Waals surface area contributed by atoms with Crippen molar-refractivity contribution in [3.8, 4) is 0 Å². The first-order chi connectivity index (χ1) is 31.2. The third kappa shape index (κ3) is 84.3. The molecule has 0 spiro atoms. The van der Waals surface area contributed by atoms with Crippen molar-refractivity contribution in [3.05, 3.63) is 0 Å². The van der Waals surface area contributed by atoms with Crippen molar-refractivity contribution >= 4 is 11.9 Å². The number of unbranched alkanes of at least 4 members (excludes halogenated alkanes) is 43. The predicted octanol–water partition coefficient (Wildman–Crippen LogP) is 18.3. The molecule has 0 aliphatic rings. The van der Waals surface area contributed by atoms with Crippen molar-refractivity contribution in [1.82, 2.24) is 0 Å². The van der Waals surface area contributed by atoms with E-state index in [0.717, 1.165) is 32.1 Å². The second-order valence-corrected chi connectivity index (χ2v) is 19.2. The topological polar surface area (TPSA) is 135 Å². The number of hydrogen-bond donors (Lipinski definition) is 5. The Bertz CT molecular complexity index is 745. The van der Waals surface area contributed by atoms with Crippen LogP contribution in [0.3, 0.4) is 0 Å². The first-order valence-electron chi connectivity index (χ1n) is 28.6. The summed E-state index contributed by atoms with van der Waals surface area (Å²) in [6, 6.07) is 0. The van der Waals surface area contributed by atoms with Gasteiger partial charge in [0.15, 0.2) is 0 Å². The molecule has 0 amide bonds. The van der Waals surface area contributed by atoms with Crippen molar-refractivity contribution in [2.24, 2.45) is 0 Å². The smallest absolute Gasteiger partial charge is 0.303 e. The number of carboxylic acids is 2. The van der Waals surface area contributed by atoms with E-state index in [4.69, 9.17) is 25.5 Å². The largest absolute Gasteiger partial charge is 0.481 e. The monoisotopic (exact) mass is 915 g/mol. The Morgan fingerprint density at radius 2 is 0.438 bits per heavy atom. The van der Waals surface area contributed by atoms with Gasteiger partial charge in [-0.3, -0.25) is 9.59 Å². The van der Waals surface area contributed by atoms with Crippen molar-refractivity contribution in [2.75, 3.05) is 13.2 Å². The summed E-state index contributed by atoms with van der Waals surface area (Å²) in [6.45, 7) is 8.59. The summed E-state index contributed by atoms with van der Waals surface area (Å²) in [4.78, 5) is 20.7. The molecule has 0 fully saturated rings. The minimum Gasteiger partial charge on any atom is -0.481 e. The van der Waals surface area contributed by atoms with Crippen LogP contribution in [0.4, 0.5) is 0 Å². The second-order valence-electron chi connectivity index (χ2n) is 19.2. The maximum atomic E-state index is 10.3. The number of aliphatic hydroxyl groups excluding tert-OH is 3. The van der Waals surface area contributed by atoms with E-state index in [9.17, 15) is 9.59 Å². The lowest BCUT2D eigenvalue weighted by Gasteiger charge is -2.03. The van der Waals surface area contributed by atoms with E-state index in [2.05, 4.69) is 20.8 Å². The first-order valence-corrected chi connectivity index (χ1v) is 28.6. The zero-order valence-electron chi connectivity index (χ0n) is 44.0. The van der Waals surface area contributed by atoms with Crippen molar-refractivity contribution in [2.45, 2.75) is 342 Å². The van der Waals surface area contributed by atoms with E-state index in [1.165, 1.54) is 270 Å². The van der Waals surface area contributed by atoms with E-state index in [-0.39, 0.29) is 6.61 Å². The number of aliphatic hydroxyl groups is 3. The van der Waals surface area contributed by atoms with Gasteiger partial charge < -0.3 is 25.5 Å². The maximum absolute atomic E-state index is 10.3. The fourth-order valence-corrected chi connectivity index (χ4v) is 7.95. The number of carboxylic acid groups (broad SMARTS) is 2. The summed E-state index contributed by atoms with van der Waals surface area (Å²) in [5, 5.41) is 41.7. The molecule has 0 aliphatic heterocycles. The first kappa shape index (κ1) is 69.4. The Balaban J connectivity index is -0.000000399. The van der Waals surface area contributed by atoms with Gasteiger partial charge in [-0.2, -0.15) is 0 Å². The van der Waals surface area contributed by atoms with E-state index in [1.54, 1.807) is 0 Å². The van der Waals surface area contributed by atoms with Gasteiger partial charge in [-0.25, -0.2) is 0 Å². The van der Waals surface area contributed by atoms with Crippen LogP contribution in [0, 0.1) is 0 Å². The average Bonchev–Trinajstić information content (AvgIpc) is 3.28. The Labute approximate surface area is 400 Å². The van der Waals surface area contributed by atoms with Gasteiger partial charge in [-0.05, 0) is 26.2 Å². The fraction of sp³-hybridized carbons (Fsp3) is 0.965. The van der Waals surface area contributed by atoms with Gasteiger partial charge in [-0.1, -0.05) is 297 Å². The number of hydrogen-bond acceptors (Lipinski definition) is 5. The molecule has 0 aromatic rings. The molecule has 1 atom stereocenters. The normalized spacial score (nSPS) is 11.2. The molecule has 0 saturated heterocycles. The molecule has 0 saturated carbocycles. The second kappa shape index (κ2) is 68.4. The van der Waals surface area contributed by atoms with E-state index < -0.39 is 18.0 Å². The van der Waals surface area contributed by atoms with Crippen LogP contribution in [0.1, 0.15) is 336 Å². The Kier molecular flexibility index (Phi) is 74.2. The minimum atomic E-state index is -0.653. The third-order valence-electron chi connectivity index (χ3n) is 12.3. The lowest BCUT2D eigenvalue weighted by Crippen LogP contribution is -2.03. The highest BCUT2D eigenvalue weighted by molar-refractivity contribution is 5.66. The van der Waals surface area contributed by atoms with Gasteiger partial charge in [0.1, 0.15) is 0 Å². The highest BCUT2D eigenvalue weighted by Gasteiger charge is 1.99. The SMILES string of the molecule is CC(O)CO.CCCCCCCCCCCCCCCCCC(=O)O.CCCCCCCCCCCCCCCCCC(=O)O.CCCCCCCCCCCCCCCCCCO. The molecule has 5 N–H and O–H groups in total. The fourth-order valence-electron chi connectivity index (χ4n) is 7.95. The zero-order valence-corrected chi connectivity index (χ0v) is 44.0. The summed E-state index contributed by atoms with van der Waals surface area (Å²) in [5.41, 5.74) is 0. The standard InChI is InChI=1S/2C18H36O2.C18H38O.C3H8O2/c2*1-2-3-4-5-6-7-8-9-10-11-12-13-14-15-16-17-18(19)20;1-2-3-4-5-6-7-8-9-10-11-12-13-14-15-16-17-18-19;1-3(5)2-4/h2*2-17H2,1H3,(H,19,20);19H,2-18H2,1H3;3-5H,2H2,1H3. The van der Waals surface area contributed by atoms with Gasteiger partial charge in [0.2, 0.25) is 0 Å². The molecule has 0 radical (unpaired) electrons. The molecule has 7 heteroatoms. The molecule has 1 unspecified atom stereocenters. The summed E-state index contributed by atoms with van der Waals surface area (Å²) < 4.78 is 0. The van der Waals surface area contributed by atoms with Crippen molar-refractivity contribution in [3.63, 3.8) is 0 Å². The Morgan fingerprint density at radius 1 is 0.297 bits per heavy atom. The van der Waals surface area contributed by atoms with E-state index >= 15 is 0 Å². The quantitative estimate of drug-likeness (QED) is 0.0384. The summed E-state index contributed by atoms with van der Waals surface area (Å²) in [5.74, 6) is -1.31. The van der Waals surface area contributed by atoms with Crippen LogP contribution in [0.2, 0.25) is 0 Å². The molecular weight excluding hydrogens is 797 g/mol. The van der Waals surface area contributed by atoms with Crippen LogP contribution in [0.25, 0.3) is 0 Å². The predicted molar refractivity (Wildman–Crippen MR) is 280 cm³/mol. The molecule has 0 aliphatic carbocycles. The summed E-state index contributed by atoms with van der Waals surface area (Å²) in [7, 11) is 0. The van der Waals surface area contributed by atoms with Crippen LogP contribution in [0.15, 0.2) is 0 Å². The maximum Gasteiger partial charge on any atom is 0.303 e. The number of aliphatic carboxylic acids is 2. The molecule has 7 nitrogen and oxygen atoms in total. The molecule has 64 heavy (non-hydrogen) atoms. The summed E-state index contributed by atoms with van der Waals surface area (Å²) in [6.07, 6.45) is 62.0. The van der Waals surface area contributed by atoms with Gasteiger partial charge in [-0.15, -0.1) is 0 Å². The van der Waals surface area contributed by atoms with Crippen LogP contribution >= 0.6 is 0 Å².